The zero-order valence-electron chi connectivity index (χ0n) is 10.4. The molecule has 1 fully saturated rings. The van der Waals surface area contributed by atoms with Crippen LogP contribution in [-0.4, -0.2) is 8.07 Å². The average molecular weight is 218 g/mol. The van der Waals surface area contributed by atoms with Crippen molar-refractivity contribution >= 4 is 13.3 Å². The smallest absolute Gasteiger partial charge is 0.0652 e. The fourth-order valence-electron chi connectivity index (χ4n) is 2.37. The van der Waals surface area contributed by atoms with Gasteiger partial charge in [-0.15, -0.1) is 0 Å². The van der Waals surface area contributed by atoms with Crippen LogP contribution in [-0.2, 0) is 5.41 Å². The third kappa shape index (κ3) is 2.03. The molecule has 0 aliphatic carbocycles. The first kappa shape index (κ1) is 10.9. The van der Waals surface area contributed by atoms with Gasteiger partial charge in [0.15, 0.2) is 0 Å². The molecular formula is C14H22Si. The average Bonchev–Trinajstić information content (AvgIpc) is 2.13. The quantitative estimate of drug-likeness (QED) is 0.631. The molecule has 0 unspecified atom stereocenters. The van der Waals surface area contributed by atoms with Gasteiger partial charge in [-0.25, -0.2) is 0 Å². The third-order valence-corrected chi connectivity index (χ3v) is 8.55. The third-order valence-electron chi connectivity index (χ3n) is 3.90. The minimum atomic E-state index is -0.955. The Labute approximate surface area is 94.7 Å². The molecule has 82 valence electrons. The summed E-state index contributed by atoms with van der Waals surface area (Å²) >= 11 is 0. The molecule has 1 aliphatic heterocycles. The molecule has 0 atom stereocenters. The molecule has 2 rings (SSSR count). The van der Waals surface area contributed by atoms with Gasteiger partial charge >= 0.3 is 0 Å². The standard InChI is InChI=1S/C14H22Si/c1-14(2,3)12-6-8-13(9-7-12)15(4)10-5-11-15/h6-9H,5,10-11H2,1-4H3. The fourth-order valence-corrected chi connectivity index (χ4v) is 5.33. The molecule has 0 radical (unpaired) electrons. The van der Waals surface area contributed by atoms with E-state index >= 15 is 0 Å². The van der Waals surface area contributed by atoms with Gasteiger partial charge in [0.1, 0.15) is 0 Å². The molecule has 0 aromatic heterocycles. The summed E-state index contributed by atoms with van der Waals surface area (Å²) in [6.07, 6.45) is 1.46. The van der Waals surface area contributed by atoms with Gasteiger partial charge < -0.3 is 0 Å². The Balaban J connectivity index is 2.24. The summed E-state index contributed by atoms with van der Waals surface area (Å²) in [5, 5.41) is 1.67. The highest BCUT2D eigenvalue weighted by molar-refractivity contribution is 6.92. The van der Waals surface area contributed by atoms with E-state index in [4.69, 9.17) is 0 Å². The van der Waals surface area contributed by atoms with E-state index in [1.807, 2.05) is 0 Å². The fraction of sp³-hybridized carbons (Fsp3) is 0.571. The van der Waals surface area contributed by atoms with Crippen molar-refractivity contribution in [1.82, 2.24) is 0 Å². The minimum Gasteiger partial charge on any atom is -0.0652 e. The number of rotatable bonds is 1. The molecule has 0 spiro atoms. The molecule has 1 aliphatic rings. The summed E-state index contributed by atoms with van der Waals surface area (Å²) in [5.41, 5.74) is 1.75. The highest BCUT2D eigenvalue weighted by atomic mass is 28.3. The number of benzene rings is 1. The second kappa shape index (κ2) is 3.48. The van der Waals surface area contributed by atoms with Crippen molar-refractivity contribution < 1.29 is 0 Å². The van der Waals surface area contributed by atoms with Crippen LogP contribution in [0.5, 0.6) is 0 Å². The molecule has 15 heavy (non-hydrogen) atoms. The van der Waals surface area contributed by atoms with E-state index in [0.29, 0.717) is 5.41 Å². The minimum absolute atomic E-state index is 0.292. The van der Waals surface area contributed by atoms with Gasteiger partial charge in [0.2, 0.25) is 0 Å². The lowest BCUT2D eigenvalue weighted by molar-refractivity contribution is 0.590. The van der Waals surface area contributed by atoms with Gasteiger partial charge in [-0.1, -0.05) is 75.3 Å². The second-order valence-corrected chi connectivity index (χ2v) is 10.9. The summed E-state index contributed by atoms with van der Waals surface area (Å²) in [6, 6.07) is 12.5. The van der Waals surface area contributed by atoms with Gasteiger partial charge in [-0.3, -0.25) is 0 Å². The lowest BCUT2D eigenvalue weighted by Crippen LogP contribution is -2.50. The maximum Gasteiger partial charge on any atom is 0.0836 e. The summed E-state index contributed by atoms with van der Waals surface area (Å²) in [5.74, 6) is 0. The topological polar surface area (TPSA) is 0 Å². The van der Waals surface area contributed by atoms with Crippen LogP contribution in [0.1, 0.15) is 32.8 Å². The summed E-state index contributed by atoms with van der Waals surface area (Å²) in [6.45, 7) is 9.38. The lowest BCUT2D eigenvalue weighted by atomic mass is 9.87. The lowest BCUT2D eigenvalue weighted by Gasteiger charge is -2.37. The summed E-state index contributed by atoms with van der Waals surface area (Å²) in [4.78, 5) is 0. The maximum atomic E-state index is 2.53. The van der Waals surface area contributed by atoms with E-state index in [0.717, 1.165) is 0 Å². The molecule has 0 amide bonds. The van der Waals surface area contributed by atoms with E-state index in [9.17, 15) is 0 Å². The van der Waals surface area contributed by atoms with Crippen LogP contribution < -0.4 is 5.19 Å². The van der Waals surface area contributed by atoms with Crippen LogP contribution in [0.15, 0.2) is 24.3 Å². The van der Waals surface area contributed by atoms with Gasteiger partial charge in [-0.05, 0) is 11.0 Å². The molecule has 0 bridgehead atoms. The Morgan fingerprint density at radius 3 is 1.87 bits per heavy atom. The largest absolute Gasteiger partial charge is 0.0836 e. The van der Waals surface area contributed by atoms with E-state index in [1.165, 1.54) is 24.1 Å². The molecule has 1 heteroatoms. The van der Waals surface area contributed by atoms with Crippen LogP contribution in [0.3, 0.4) is 0 Å². The maximum absolute atomic E-state index is 2.53. The Kier molecular flexibility index (Phi) is 2.54. The molecule has 0 nitrogen and oxygen atoms in total. The Hall–Kier alpha value is -0.563. The van der Waals surface area contributed by atoms with Crippen molar-refractivity contribution in [3.63, 3.8) is 0 Å². The molecule has 1 heterocycles. The van der Waals surface area contributed by atoms with Crippen LogP contribution in [0.2, 0.25) is 18.6 Å². The first-order valence-corrected chi connectivity index (χ1v) is 8.94. The molecule has 1 aromatic rings. The Bertz CT molecular complexity index is 339. The van der Waals surface area contributed by atoms with E-state index in [1.54, 1.807) is 5.19 Å². The Morgan fingerprint density at radius 1 is 1.00 bits per heavy atom. The predicted octanol–water partition coefficient (Wildman–Crippen LogP) is 3.67. The van der Waals surface area contributed by atoms with Crippen molar-refractivity contribution in [2.24, 2.45) is 0 Å². The predicted molar refractivity (Wildman–Crippen MR) is 70.6 cm³/mol. The highest BCUT2D eigenvalue weighted by Gasteiger charge is 2.35. The normalized spacial score (nSPS) is 19.7. The molecule has 0 saturated carbocycles. The van der Waals surface area contributed by atoms with Crippen LogP contribution in [0, 0.1) is 0 Å². The van der Waals surface area contributed by atoms with Gasteiger partial charge in [0.25, 0.3) is 0 Å². The van der Waals surface area contributed by atoms with Gasteiger partial charge in [0.05, 0.1) is 8.07 Å². The van der Waals surface area contributed by atoms with Crippen LogP contribution in [0.25, 0.3) is 0 Å². The highest BCUT2D eigenvalue weighted by Crippen LogP contribution is 2.32. The first-order valence-electron chi connectivity index (χ1n) is 6.03. The Morgan fingerprint density at radius 2 is 1.53 bits per heavy atom. The zero-order chi connectivity index (χ0) is 11.1. The first-order chi connectivity index (χ1) is 6.92. The van der Waals surface area contributed by atoms with Crippen molar-refractivity contribution in [1.29, 1.82) is 0 Å². The van der Waals surface area contributed by atoms with Crippen LogP contribution >= 0.6 is 0 Å². The molecular weight excluding hydrogens is 196 g/mol. The molecule has 0 N–H and O–H groups in total. The molecule has 1 aromatic carbocycles. The summed E-state index contributed by atoms with van der Waals surface area (Å²) in [7, 11) is -0.955. The zero-order valence-corrected chi connectivity index (χ0v) is 11.4. The van der Waals surface area contributed by atoms with Gasteiger partial charge in [-0.2, -0.15) is 0 Å². The number of hydrogen-bond donors (Lipinski definition) is 0. The monoisotopic (exact) mass is 218 g/mol. The second-order valence-electron chi connectivity index (χ2n) is 6.24. The number of hydrogen-bond acceptors (Lipinski definition) is 0. The van der Waals surface area contributed by atoms with Crippen molar-refractivity contribution in [3.05, 3.63) is 29.8 Å². The van der Waals surface area contributed by atoms with Crippen LogP contribution in [0.4, 0.5) is 0 Å². The molecule has 1 saturated heterocycles. The summed E-state index contributed by atoms with van der Waals surface area (Å²) < 4.78 is 0. The van der Waals surface area contributed by atoms with Gasteiger partial charge in [0, 0.05) is 0 Å². The van der Waals surface area contributed by atoms with Crippen molar-refractivity contribution in [2.45, 2.75) is 51.2 Å². The van der Waals surface area contributed by atoms with E-state index < -0.39 is 8.07 Å². The van der Waals surface area contributed by atoms with E-state index in [-0.39, 0.29) is 0 Å². The van der Waals surface area contributed by atoms with Crippen molar-refractivity contribution in [3.8, 4) is 0 Å². The van der Waals surface area contributed by atoms with E-state index in [2.05, 4.69) is 51.6 Å². The van der Waals surface area contributed by atoms with Crippen molar-refractivity contribution in [2.75, 3.05) is 0 Å². The SMILES string of the molecule is CC(C)(C)c1ccc([Si]2(C)CCC2)cc1.